The number of guanidine groups is 1. The fraction of sp³-hybridized carbons (Fsp3) is 0.533. The zero-order chi connectivity index (χ0) is 14.1. The van der Waals surface area contributed by atoms with Gasteiger partial charge in [0.2, 0.25) is 0 Å². The largest absolute Gasteiger partial charge is 0.383 e. The van der Waals surface area contributed by atoms with Crippen LogP contribution >= 0.6 is 24.0 Å². The highest BCUT2D eigenvalue weighted by Gasteiger charge is 2.36. The van der Waals surface area contributed by atoms with Gasteiger partial charge in [0.1, 0.15) is 5.60 Å². The maximum atomic E-state index is 10.7. The van der Waals surface area contributed by atoms with Crippen LogP contribution in [0, 0.1) is 0 Å². The van der Waals surface area contributed by atoms with E-state index in [1.165, 1.54) is 5.56 Å². The minimum Gasteiger partial charge on any atom is -0.383 e. The van der Waals surface area contributed by atoms with Crippen LogP contribution in [0.4, 0.5) is 0 Å². The van der Waals surface area contributed by atoms with Gasteiger partial charge < -0.3 is 16.2 Å². The van der Waals surface area contributed by atoms with E-state index in [-0.39, 0.29) is 29.5 Å². The van der Waals surface area contributed by atoms with Gasteiger partial charge in [0.05, 0.1) is 6.54 Å². The van der Waals surface area contributed by atoms with Gasteiger partial charge in [0.25, 0.3) is 0 Å². The lowest BCUT2D eigenvalue weighted by Crippen LogP contribution is -2.45. The molecule has 0 amide bonds. The second-order valence-electron chi connectivity index (χ2n) is 6.27. The Balaban J connectivity index is 0.00000200. The number of nitrogens with zero attached hydrogens (tertiary/aromatic N) is 1. The molecule has 0 radical (unpaired) electrons. The predicted molar refractivity (Wildman–Crippen MR) is 93.5 cm³/mol. The predicted octanol–water partition coefficient (Wildman–Crippen LogP) is 2.14. The first kappa shape index (κ1) is 17.2. The smallest absolute Gasteiger partial charge is 0.189 e. The molecule has 1 aliphatic rings. The number of halogens is 1. The molecule has 1 aromatic carbocycles. The van der Waals surface area contributed by atoms with Crippen molar-refractivity contribution in [1.82, 2.24) is 5.32 Å². The average Bonchev–Trinajstić information content (AvgIpc) is 2.64. The molecule has 5 heteroatoms. The third kappa shape index (κ3) is 4.09. The molecule has 4 N–H and O–H groups in total. The fourth-order valence-corrected chi connectivity index (χ4v) is 2.47. The standard InChI is InChI=1S/C15H23N3O.HI/c1-14(2,3)18-13(16)17-10-15(19)9-8-11-6-4-5-7-12(11)15;/h4-7,19H,8-10H2,1-3H3,(H3,16,17,18);1H. The van der Waals surface area contributed by atoms with Gasteiger partial charge in [-0.15, -0.1) is 24.0 Å². The number of hydrogen-bond donors (Lipinski definition) is 3. The van der Waals surface area contributed by atoms with Crippen molar-refractivity contribution in [2.24, 2.45) is 10.7 Å². The Bertz CT molecular complexity index is 496. The van der Waals surface area contributed by atoms with Crippen molar-refractivity contribution in [2.75, 3.05) is 6.54 Å². The SMILES string of the molecule is CC(C)(C)NC(N)=NCC1(O)CCc2ccccc21.I. The van der Waals surface area contributed by atoms with E-state index in [0.717, 1.165) is 12.0 Å². The molecular weight excluding hydrogens is 365 g/mol. The normalized spacial score (nSPS) is 22.1. The highest BCUT2D eigenvalue weighted by atomic mass is 127. The molecule has 20 heavy (non-hydrogen) atoms. The zero-order valence-corrected chi connectivity index (χ0v) is 14.6. The van der Waals surface area contributed by atoms with Crippen molar-refractivity contribution in [3.8, 4) is 0 Å². The fourth-order valence-electron chi connectivity index (χ4n) is 2.47. The summed E-state index contributed by atoms with van der Waals surface area (Å²) in [6.07, 6.45) is 1.60. The Hall–Kier alpha value is -0.820. The molecule has 0 fully saturated rings. The molecule has 1 aliphatic carbocycles. The Morgan fingerprint density at radius 2 is 2.05 bits per heavy atom. The number of rotatable bonds is 2. The summed E-state index contributed by atoms with van der Waals surface area (Å²) in [6, 6.07) is 8.00. The molecule has 112 valence electrons. The van der Waals surface area contributed by atoms with E-state index in [1.54, 1.807) is 0 Å². The molecule has 0 heterocycles. The summed E-state index contributed by atoms with van der Waals surface area (Å²) in [7, 11) is 0. The Morgan fingerprint density at radius 1 is 1.40 bits per heavy atom. The topological polar surface area (TPSA) is 70.6 Å². The monoisotopic (exact) mass is 389 g/mol. The van der Waals surface area contributed by atoms with E-state index in [2.05, 4.69) is 16.4 Å². The average molecular weight is 389 g/mol. The molecule has 0 aliphatic heterocycles. The minimum absolute atomic E-state index is 0. The lowest BCUT2D eigenvalue weighted by Gasteiger charge is -2.24. The van der Waals surface area contributed by atoms with E-state index in [9.17, 15) is 5.11 Å². The second kappa shape index (κ2) is 6.30. The molecular formula is C15H24IN3O. The molecule has 0 saturated carbocycles. The molecule has 1 aromatic rings. The summed E-state index contributed by atoms with van der Waals surface area (Å²) in [4.78, 5) is 4.30. The van der Waals surface area contributed by atoms with Crippen LogP contribution in [0.1, 0.15) is 38.3 Å². The molecule has 4 nitrogen and oxygen atoms in total. The molecule has 1 atom stereocenters. The summed E-state index contributed by atoms with van der Waals surface area (Å²) in [5.74, 6) is 0.380. The maximum Gasteiger partial charge on any atom is 0.189 e. The quantitative estimate of drug-likeness (QED) is 0.412. The molecule has 1 unspecified atom stereocenters. The number of fused-ring (bicyclic) bond motifs is 1. The van der Waals surface area contributed by atoms with Crippen LogP contribution in [0.25, 0.3) is 0 Å². The highest BCUT2D eigenvalue weighted by Crippen LogP contribution is 2.36. The third-order valence-electron chi connectivity index (χ3n) is 3.34. The van der Waals surface area contributed by atoms with Crippen LogP contribution in [-0.4, -0.2) is 23.1 Å². The molecule has 0 aromatic heterocycles. The lowest BCUT2D eigenvalue weighted by molar-refractivity contribution is 0.0485. The van der Waals surface area contributed by atoms with Gasteiger partial charge in [0, 0.05) is 5.54 Å². The molecule has 2 rings (SSSR count). The van der Waals surface area contributed by atoms with Crippen LogP contribution < -0.4 is 11.1 Å². The molecule has 0 saturated heterocycles. The van der Waals surface area contributed by atoms with Gasteiger partial charge >= 0.3 is 0 Å². The number of hydrogen-bond acceptors (Lipinski definition) is 2. The van der Waals surface area contributed by atoms with Crippen molar-refractivity contribution in [3.63, 3.8) is 0 Å². The maximum absolute atomic E-state index is 10.7. The van der Waals surface area contributed by atoms with Crippen molar-refractivity contribution >= 4 is 29.9 Å². The molecule has 0 spiro atoms. The Morgan fingerprint density at radius 3 is 2.70 bits per heavy atom. The number of aryl methyl sites for hydroxylation is 1. The highest BCUT2D eigenvalue weighted by molar-refractivity contribution is 14.0. The van der Waals surface area contributed by atoms with Gasteiger partial charge in [-0.25, -0.2) is 0 Å². The van der Waals surface area contributed by atoms with Gasteiger partial charge in [0.15, 0.2) is 5.96 Å². The summed E-state index contributed by atoms with van der Waals surface area (Å²) < 4.78 is 0. The van der Waals surface area contributed by atoms with Crippen molar-refractivity contribution in [3.05, 3.63) is 35.4 Å². The van der Waals surface area contributed by atoms with Gasteiger partial charge in [-0.3, -0.25) is 4.99 Å². The Kier molecular flexibility index (Phi) is 5.43. The number of nitrogens with one attached hydrogen (secondary N) is 1. The third-order valence-corrected chi connectivity index (χ3v) is 3.34. The molecule has 0 bridgehead atoms. The van der Waals surface area contributed by atoms with Crippen LogP contribution in [-0.2, 0) is 12.0 Å². The van der Waals surface area contributed by atoms with Crippen LogP contribution in [0.2, 0.25) is 0 Å². The van der Waals surface area contributed by atoms with Crippen molar-refractivity contribution in [1.29, 1.82) is 0 Å². The minimum atomic E-state index is -0.874. The summed E-state index contributed by atoms with van der Waals surface area (Å²) in [6.45, 7) is 6.37. The Labute approximate surface area is 137 Å². The first-order chi connectivity index (χ1) is 8.80. The summed E-state index contributed by atoms with van der Waals surface area (Å²) in [5.41, 5.74) is 7.05. The first-order valence-corrected chi connectivity index (χ1v) is 6.69. The van der Waals surface area contributed by atoms with Gasteiger partial charge in [-0.2, -0.15) is 0 Å². The van der Waals surface area contributed by atoms with Crippen LogP contribution in [0.3, 0.4) is 0 Å². The van der Waals surface area contributed by atoms with Gasteiger partial charge in [-0.1, -0.05) is 24.3 Å². The van der Waals surface area contributed by atoms with E-state index in [4.69, 9.17) is 5.73 Å². The van der Waals surface area contributed by atoms with Crippen LogP contribution in [0.5, 0.6) is 0 Å². The number of benzene rings is 1. The second-order valence-corrected chi connectivity index (χ2v) is 6.27. The van der Waals surface area contributed by atoms with Gasteiger partial charge in [-0.05, 0) is 44.7 Å². The summed E-state index contributed by atoms with van der Waals surface area (Å²) in [5, 5.41) is 13.8. The van der Waals surface area contributed by atoms with E-state index < -0.39 is 5.60 Å². The number of aliphatic hydroxyl groups is 1. The van der Waals surface area contributed by atoms with Crippen molar-refractivity contribution < 1.29 is 5.11 Å². The van der Waals surface area contributed by atoms with E-state index in [1.807, 2.05) is 39.0 Å². The number of nitrogens with two attached hydrogens (primary N) is 1. The van der Waals surface area contributed by atoms with Crippen LogP contribution in [0.15, 0.2) is 29.3 Å². The zero-order valence-electron chi connectivity index (χ0n) is 12.3. The van der Waals surface area contributed by atoms with E-state index >= 15 is 0 Å². The lowest BCUT2D eigenvalue weighted by atomic mass is 9.96. The van der Waals surface area contributed by atoms with E-state index in [0.29, 0.717) is 18.9 Å². The van der Waals surface area contributed by atoms with Crippen molar-refractivity contribution in [2.45, 2.75) is 44.8 Å². The number of aliphatic imine (C=N–C) groups is 1. The first-order valence-electron chi connectivity index (χ1n) is 6.69. The summed E-state index contributed by atoms with van der Waals surface area (Å²) >= 11 is 0.